The maximum Gasteiger partial charge on any atom is 0.126 e. The highest BCUT2D eigenvalue weighted by atomic mass is 31.0. The molecule has 1 aromatic rings. The van der Waals surface area contributed by atoms with E-state index in [0.717, 1.165) is 22.4 Å². The molecule has 1 rings (SSSR count). The number of hydrogen-bond donors (Lipinski definition) is 2. The molecule has 0 aliphatic carbocycles. The third kappa shape index (κ3) is 3.16. The van der Waals surface area contributed by atoms with E-state index in [9.17, 15) is 5.11 Å². The second kappa shape index (κ2) is 5.45. The molecule has 0 spiro atoms. The van der Waals surface area contributed by atoms with E-state index in [-0.39, 0.29) is 6.61 Å². The predicted octanol–water partition coefficient (Wildman–Crippen LogP) is 1.37. The van der Waals surface area contributed by atoms with Crippen LogP contribution >= 0.6 is 9.47 Å². The van der Waals surface area contributed by atoms with Gasteiger partial charge in [0.1, 0.15) is 5.75 Å². The number of rotatable bonds is 4. The zero-order valence-electron chi connectivity index (χ0n) is 9.03. The lowest BCUT2D eigenvalue weighted by Gasteiger charge is -2.15. The van der Waals surface area contributed by atoms with Crippen LogP contribution in [0.25, 0.3) is 0 Å². The van der Waals surface area contributed by atoms with Gasteiger partial charge in [-0.15, -0.1) is 0 Å². The van der Waals surface area contributed by atoms with Crippen molar-refractivity contribution in [3.8, 4) is 5.75 Å². The van der Waals surface area contributed by atoms with Crippen molar-refractivity contribution in [2.75, 3.05) is 6.61 Å². The van der Waals surface area contributed by atoms with E-state index < -0.39 is 6.10 Å². The lowest BCUT2D eigenvalue weighted by Crippen LogP contribution is -2.16. The Hall–Kier alpha value is -0.630. The summed E-state index contributed by atoms with van der Waals surface area (Å²) in [5.41, 5.74) is 3.13. The van der Waals surface area contributed by atoms with E-state index in [1.54, 1.807) is 0 Å². The number of aliphatic hydroxyl groups is 2. The SMILES string of the molecule is Cc1cc(C)c(CC(O)CO)c(OP)c1. The number of aliphatic hydroxyl groups excluding tert-OH is 2. The highest BCUT2D eigenvalue weighted by Crippen LogP contribution is 2.27. The molecule has 0 saturated carbocycles. The molecule has 4 heteroatoms. The fourth-order valence-electron chi connectivity index (χ4n) is 1.63. The molecule has 0 fully saturated rings. The maximum absolute atomic E-state index is 9.41. The van der Waals surface area contributed by atoms with Gasteiger partial charge in [0.05, 0.1) is 22.2 Å². The van der Waals surface area contributed by atoms with Gasteiger partial charge >= 0.3 is 0 Å². The first-order valence-corrected chi connectivity index (χ1v) is 5.31. The lowest BCUT2D eigenvalue weighted by molar-refractivity contribution is 0.0951. The van der Waals surface area contributed by atoms with Crippen LogP contribution in [0.3, 0.4) is 0 Å². The fraction of sp³-hybridized carbons (Fsp3) is 0.455. The smallest absolute Gasteiger partial charge is 0.126 e. The third-order valence-electron chi connectivity index (χ3n) is 2.35. The molecule has 0 amide bonds. The topological polar surface area (TPSA) is 49.7 Å². The second-order valence-electron chi connectivity index (χ2n) is 3.72. The van der Waals surface area contributed by atoms with Crippen LogP contribution in [-0.2, 0) is 6.42 Å². The van der Waals surface area contributed by atoms with Crippen molar-refractivity contribution in [3.63, 3.8) is 0 Å². The standard InChI is InChI=1S/C11H17O3P/c1-7-3-8(2)10(5-9(13)6-12)11(4-7)14-15/h3-4,9,12-13H,5-6,15H2,1-2H3. The van der Waals surface area contributed by atoms with E-state index in [2.05, 4.69) is 9.47 Å². The van der Waals surface area contributed by atoms with Crippen LogP contribution in [-0.4, -0.2) is 22.9 Å². The highest BCUT2D eigenvalue weighted by molar-refractivity contribution is 7.10. The van der Waals surface area contributed by atoms with Gasteiger partial charge in [0, 0.05) is 6.42 Å². The lowest BCUT2D eigenvalue weighted by atomic mass is 9.99. The zero-order valence-corrected chi connectivity index (χ0v) is 10.2. The molecule has 3 nitrogen and oxygen atoms in total. The van der Waals surface area contributed by atoms with Gasteiger partial charge < -0.3 is 14.7 Å². The Morgan fingerprint density at radius 3 is 2.60 bits per heavy atom. The Bertz CT molecular complexity index is 339. The molecule has 2 N–H and O–H groups in total. The predicted molar refractivity (Wildman–Crippen MR) is 63.1 cm³/mol. The van der Waals surface area contributed by atoms with E-state index >= 15 is 0 Å². The molecule has 84 valence electrons. The van der Waals surface area contributed by atoms with Gasteiger partial charge in [0.25, 0.3) is 0 Å². The van der Waals surface area contributed by atoms with Crippen molar-refractivity contribution < 1.29 is 14.7 Å². The summed E-state index contributed by atoms with van der Waals surface area (Å²) in [6.45, 7) is 3.73. The molecule has 2 atom stereocenters. The van der Waals surface area contributed by atoms with Gasteiger partial charge in [-0.1, -0.05) is 6.07 Å². The summed E-state index contributed by atoms with van der Waals surface area (Å²) in [6, 6.07) is 3.95. The largest absolute Gasteiger partial charge is 0.480 e. The van der Waals surface area contributed by atoms with Crippen LogP contribution in [0.4, 0.5) is 0 Å². The summed E-state index contributed by atoms with van der Waals surface area (Å²) in [5, 5.41) is 18.2. The molecule has 0 bridgehead atoms. The second-order valence-corrected chi connectivity index (χ2v) is 3.95. The van der Waals surface area contributed by atoms with Crippen molar-refractivity contribution in [1.82, 2.24) is 0 Å². The Labute approximate surface area is 92.4 Å². The monoisotopic (exact) mass is 228 g/mol. The Morgan fingerprint density at radius 1 is 1.40 bits per heavy atom. The molecule has 15 heavy (non-hydrogen) atoms. The number of hydrogen-bond acceptors (Lipinski definition) is 3. The third-order valence-corrected chi connectivity index (χ3v) is 2.61. The first kappa shape index (κ1) is 12.4. The Balaban J connectivity index is 3.04. The maximum atomic E-state index is 9.41. The quantitative estimate of drug-likeness (QED) is 0.765. The van der Waals surface area contributed by atoms with Crippen molar-refractivity contribution in [3.05, 3.63) is 28.8 Å². The number of benzene rings is 1. The van der Waals surface area contributed by atoms with Gasteiger partial charge in [-0.25, -0.2) is 0 Å². The molecule has 0 aliphatic rings. The average Bonchev–Trinajstić information content (AvgIpc) is 2.21. The van der Waals surface area contributed by atoms with E-state index in [4.69, 9.17) is 9.63 Å². The molecule has 1 aromatic carbocycles. The van der Waals surface area contributed by atoms with E-state index in [0.29, 0.717) is 6.42 Å². The molecular weight excluding hydrogens is 211 g/mol. The van der Waals surface area contributed by atoms with Crippen LogP contribution in [0.2, 0.25) is 0 Å². The van der Waals surface area contributed by atoms with Crippen molar-refractivity contribution in [2.45, 2.75) is 26.4 Å². The van der Waals surface area contributed by atoms with Crippen LogP contribution in [0.5, 0.6) is 5.75 Å². The minimum atomic E-state index is -0.731. The van der Waals surface area contributed by atoms with Crippen molar-refractivity contribution in [2.24, 2.45) is 0 Å². The van der Waals surface area contributed by atoms with Crippen molar-refractivity contribution >= 4 is 9.47 Å². The molecular formula is C11H17O3P. The summed E-state index contributed by atoms with van der Waals surface area (Å²) in [7, 11) is 2.21. The summed E-state index contributed by atoms with van der Waals surface area (Å²) < 4.78 is 5.18. The first-order chi connectivity index (χ1) is 7.08. The van der Waals surface area contributed by atoms with E-state index in [1.807, 2.05) is 26.0 Å². The molecule has 0 heterocycles. The average molecular weight is 228 g/mol. The Kier molecular flexibility index (Phi) is 4.52. The Morgan fingerprint density at radius 2 is 2.07 bits per heavy atom. The molecule has 2 unspecified atom stereocenters. The normalized spacial score (nSPS) is 12.6. The van der Waals surface area contributed by atoms with Gasteiger partial charge in [0.2, 0.25) is 0 Å². The van der Waals surface area contributed by atoms with Gasteiger partial charge in [-0.3, -0.25) is 0 Å². The minimum Gasteiger partial charge on any atom is -0.480 e. The summed E-state index contributed by atoms with van der Waals surface area (Å²) in [4.78, 5) is 0. The van der Waals surface area contributed by atoms with Gasteiger partial charge in [-0.2, -0.15) is 0 Å². The highest BCUT2D eigenvalue weighted by Gasteiger charge is 2.12. The van der Waals surface area contributed by atoms with E-state index in [1.165, 1.54) is 0 Å². The molecule has 0 aliphatic heterocycles. The molecule has 0 saturated heterocycles. The summed E-state index contributed by atoms with van der Waals surface area (Å²) in [6.07, 6.45) is -0.322. The van der Waals surface area contributed by atoms with Crippen LogP contribution in [0.15, 0.2) is 12.1 Å². The van der Waals surface area contributed by atoms with Crippen LogP contribution < -0.4 is 4.52 Å². The molecule has 0 aromatic heterocycles. The van der Waals surface area contributed by atoms with Crippen LogP contribution in [0, 0.1) is 13.8 Å². The summed E-state index contributed by atoms with van der Waals surface area (Å²) >= 11 is 0. The fourth-order valence-corrected chi connectivity index (χ4v) is 1.84. The number of aryl methyl sites for hydroxylation is 2. The van der Waals surface area contributed by atoms with Gasteiger partial charge in [-0.05, 0) is 36.6 Å². The molecule has 0 radical (unpaired) electrons. The zero-order chi connectivity index (χ0) is 11.4. The van der Waals surface area contributed by atoms with Crippen LogP contribution in [0.1, 0.15) is 16.7 Å². The summed E-state index contributed by atoms with van der Waals surface area (Å²) in [5.74, 6) is 0.741. The van der Waals surface area contributed by atoms with Crippen molar-refractivity contribution in [1.29, 1.82) is 0 Å². The van der Waals surface area contributed by atoms with Gasteiger partial charge in [0.15, 0.2) is 0 Å². The first-order valence-electron chi connectivity index (χ1n) is 4.84. The minimum absolute atomic E-state index is 0.233.